The third-order valence-electron chi connectivity index (χ3n) is 6.94. The molecule has 0 bridgehead atoms. The normalized spacial score (nSPS) is 14.4. The number of carbonyl (C=O) groups excluding carboxylic acids is 2. The summed E-state index contributed by atoms with van der Waals surface area (Å²) in [7, 11) is 3.39. The average Bonchev–Trinajstić information content (AvgIpc) is 2.94. The van der Waals surface area contributed by atoms with Crippen LogP contribution < -0.4 is 5.32 Å². The van der Waals surface area contributed by atoms with Gasteiger partial charge in [0, 0.05) is 49.1 Å². The number of aldehydes is 1. The minimum Gasteiger partial charge on any atom is -0.384 e. The Bertz CT molecular complexity index is 1270. The summed E-state index contributed by atoms with van der Waals surface area (Å²) in [5.74, 6) is 0. The number of benzene rings is 2. The maximum absolute atomic E-state index is 12.7. The molecule has 1 unspecified atom stereocenters. The molecule has 2 aromatic carbocycles. The van der Waals surface area contributed by atoms with E-state index in [0.29, 0.717) is 45.5 Å². The number of carbonyl (C=O) groups is 2. The number of rotatable bonds is 15. The van der Waals surface area contributed by atoms with E-state index in [9.17, 15) is 14.7 Å². The fourth-order valence-electron chi connectivity index (χ4n) is 4.91. The zero-order valence-electron chi connectivity index (χ0n) is 23.2. The summed E-state index contributed by atoms with van der Waals surface area (Å²) in [5, 5.41) is 15.6. The molecule has 0 saturated heterocycles. The lowest BCUT2D eigenvalue weighted by atomic mass is 9.85. The largest absolute Gasteiger partial charge is 0.384 e. The summed E-state index contributed by atoms with van der Waals surface area (Å²) in [6.07, 6.45) is 3.10. The number of nitrogens with zero attached hydrogens (tertiary/aromatic N) is 3. The molecule has 10 heteroatoms. The molecule has 2 atom stereocenters. The van der Waals surface area contributed by atoms with Gasteiger partial charge in [-0.1, -0.05) is 53.5 Å². The molecule has 0 aliphatic rings. The lowest BCUT2D eigenvalue weighted by molar-refractivity contribution is -0.150. The third-order valence-corrected chi connectivity index (χ3v) is 7.41. The van der Waals surface area contributed by atoms with Gasteiger partial charge in [0.1, 0.15) is 6.29 Å². The highest BCUT2D eigenvalue weighted by Gasteiger charge is 2.42. The topological polar surface area (TPSA) is 95.0 Å². The summed E-state index contributed by atoms with van der Waals surface area (Å²) in [6.45, 7) is 5.55. The van der Waals surface area contributed by atoms with Crippen molar-refractivity contribution >= 4 is 35.9 Å². The maximum Gasteiger partial charge on any atom is 0.212 e. The van der Waals surface area contributed by atoms with E-state index in [0.717, 1.165) is 18.3 Å². The van der Waals surface area contributed by atoms with E-state index in [2.05, 4.69) is 10.3 Å². The second-order valence-electron chi connectivity index (χ2n) is 9.86. The van der Waals surface area contributed by atoms with Gasteiger partial charge < -0.3 is 24.9 Å². The second-order valence-corrected chi connectivity index (χ2v) is 10.7. The molecule has 2 N–H and O–H groups in total. The Hall–Kier alpha value is -2.85. The number of methoxy groups -OCH3 is 1. The predicted molar refractivity (Wildman–Crippen MR) is 157 cm³/mol. The first-order valence-corrected chi connectivity index (χ1v) is 13.6. The number of likely N-dealkylation sites (N-methyl/N-ethyl adjacent to an activating group) is 1. The number of aliphatic hydroxyl groups is 1. The van der Waals surface area contributed by atoms with Crippen LogP contribution in [0.1, 0.15) is 34.9 Å². The first-order valence-electron chi connectivity index (χ1n) is 12.9. The van der Waals surface area contributed by atoms with Crippen molar-refractivity contribution in [3.05, 3.63) is 98.8 Å². The van der Waals surface area contributed by atoms with E-state index in [1.54, 1.807) is 38.3 Å². The SMILES string of the molecule is CNCCN(CC=O)CC(C)(O)c1ccc([C@](OC)(c2ccc(Cl)cc2)N(C=O)Cc2ccc(Cl)cn2)c(C)c1. The van der Waals surface area contributed by atoms with Crippen LogP contribution >= 0.6 is 23.2 Å². The van der Waals surface area contributed by atoms with E-state index in [1.165, 1.54) is 11.1 Å². The summed E-state index contributed by atoms with van der Waals surface area (Å²) >= 11 is 12.2. The molecule has 1 amide bonds. The Morgan fingerprint density at radius 3 is 2.27 bits per heavy atom. The highest BCUT2D eigenvalue weighted by molar-refractivity contribution is 6.30. The van der Waals surface area contributed by atoms with Gasteiger partial charge in [-0.15, -0.1) is 0 Å². The highest BCUT2D eigenvalue weighted by Crippen LogP contribution is 2.40. The Morgan fingerprint density at radius 1 is 1.05 bits per heavy atom. The van der Waals surface area contributed by atoms with Crippen LogP contribution in [-0.2, 0) is 32.2 Å². The number of hydrogen-bond donors (Lipinski definition) is 2. The monoisotopic (exact) mass is 586 g/mol. The first kappa shape index (κ1) is 31.7. The van der Waals surface area contributed by atoms with Crippen LogP contribution in [0.3, 0.4) is 0 Å². The standard InChI is InChI=1S/C30H36Cl2N4O4/c1-22-17-24(29(2,39)20-35(15-16-37)14-13-33-3)7-12-28(22)30(40-4,23-5-8-25(31)9-6-23)36(21-38)19-27-11-10-26(32)18-34-27/h5-12,16-18,21,33,39H,13-15,19-20H2,1-4H3/t29?,30-/m1/s1. The number of aryl methyl sites for hydroxylation is 1. The molecule has 0 aliphatic heterocycles. The van der Waals surface area contributed by atoms with Crippen LogP contribution in [0.2, 0.25) is 10.0 Å². The molecule has 3 rings (SSSR count). The molecule has 0 spiro atoms. The zero-order chi connectivity index (χ0) is 29.3. The van der Waals surface area contributed by atoms with Crippen molar-refractivity contribution in [1.29, 1.82) is 0 Å². The molecule has 1 aromatic heterocycles. The van der Waals surface area contributed by atoms with Gasteiger partial charge >= 0.3 is 0 Å². The predicted octanol–water partition coefficient (Wildman–Crippen LogP) is 4.13. The smallest absolute Gasteiger partial charge is 0.212 e. The second kappa shape index (κ2) is 14.2. The number of ether oxygens (including phenoxy) is 1. The van der Waals surface area contributed by atoms with Crippen LogP contribution in [0.4, 0.5) is 0 Å². The molecule has 214 valence electrons. The van der Waals surface area contributed by atoms with Crippen molar-refractivity contribution in [2.75, 3.05) is 40.3 Å². The summed E-state index contributed by atoms with van der Waals surface area (Å²) < 4.78 is 6.23. The summed E-state index contributed by atoms with van der Waals surface area (Å²) in [4.78, 5) is 31.7. The van der Waals surface area contributed by atoms with E-state index in [4.69, 9.17) is 27.9 Å². The number of nitrogens with one attached hydrogen (secondary N) is 1. The Morgan fingerprint density at radius 2 is 1.73 bits per heavy atom. The molecule has 0 aliphatic carbocycles. The Balaban J connectivity index is 2.09. The summed E-state index contributed by atoms with van der Waals surface area (Å²) in [6, 6.07) is 16.2. The molecule has 3 aromatic rings. The minimum atomic E-state index is -1.33. The molecule has 8 nitrogen and oxygen atoms in total. The average molecular weight is 588 g/mol. The van der Waals surface area contributed by atoms with Gasteiger partial charge in [-0.2, -0.15) is 0 Å². The van der Waals surface area contributed by atoms with Crippen molar-refractivity contribution in [1.82, 2.24) is 20.1 Å². The van der Waals surface area contributed by atoms with Crippen LogP contribution in [-0.4, -0.2) is 72.9 Å². The highest BCUT2D eigenvalue weighted by atomic mass is 35.5. The van der Waals surface area contributed by atoms with Crippen molar-refractivity contribution in [3.8, 4) is 0 Å². The van der Waals surface area contributed by atoms with E-state index in [-0.39, 0.29) is 19.6 Å². The first-order chi connectivity index (χ1) is 19.1. The van der Waals surface area contributed by atoms with Gasteiger partial charge in [0.2, 0.25) is 6.41 Å². The third kappa shape index (κ3) is 7.26. The number of hydrogen-bond acceptors (Lipinski definition) is 7. The molecule has 1 heterocycles. The van der Waals surface area contributed by atoms with Crippen molar-refractivity contribution in [2.45, 2.75) is 31.7 Å². The number of pyridine rings is 1. The fourth-order valence-corrected chi connectivity index (χ4v) is 5.15. The van der Waals surface area contributed by atoms with E-state index < -0.39 is 11.3 Å². The van der Waals surface area contributed by atoms with Crippen LogP contribution in [0.25, 0.3) is 0 Å². The van der Waals surface area contributed by atoms with Gasteiger partial charge in [0.05, 0.1) is 29.4 Å². The lowest BCUT2D eigenvalue weighted by Gasteiger charge is -2.42. The Labute approximate surface area is 245 Å². The van der Waals surface area contributed by atoms with Crippen molar-refractivity contribution in [2.24, 2.45) is 0 Å². The van der Waals surface area contributed by atoms with Gasteiger partial charge in [0.15, 0.2) is 5.72 Å². The van der Waals surface area contributed by atoms with Gasteiger partial charge in [-0.25, -0.2) is 0 Å². The van der Waals surface area contributed by atoms with Crippen molar-refractivity contribution < 1.29 is 19.4 Å². The zero-order valence-corrected chi connectivity index (χ0v) is 24.7. The molecular weight excluding hydrogens is 551 g/mol. The number of aromatic nitrogens is 1. The van der Waals surface area contributed by atoms with Crippen molar-refractivity contribution in [3.63, 3.8) is 0 Å². The molecular formula is C30H36Cl2N4O4. The molecule has 0 fully saturated rings. The van der Waals surface area contributed by atoms with Gasteiger partial charge in [0.25, 0.3) is 0 Å². The van der Waals surface area contributed by atoms with E-state index in [1.807, 2.05) is 49.2 Å². The van der Waals surface area contributed by atoms with E-state index >= 15 is 0 Å². The molecule has 0 saturated carbocycles. The van der Waals surface area contributed by atoms with Crippen LogP contribution in [0.5, 0.6) is 0 Å². The number of amides is 1. The maximum atomic E-state index is 12.7. The van der Waals surface area contributed by atoms with Crippen LogP contribution in [0, 0.1) is 6.92 Å². The quantitative estimate of drug-likeness (QED) is 0.204. The fraction of sp³-hybridized carbons (Fsp3) is 0.367. The minimum absolute atomic E-state index is 0.141. The number of halogens is 2. The summed E-state index contributed by atoms with van der Waals surface area (Å²) in [5.41, 5.74) is 0.910. The molecule has 0 radical (unpaired) electrons. The van der Waals surface area contributed by atoms with Gasteiger partial charge in [-0.05, 0) is 56.3 Å². The Kier molecular flexibility index (Phi) is 11.2. The van der Waals surface area contributed by atoms with Crippen LogP contribution in [0.15, 0.2) is 60.8 Å². The van der Waals surface area contributed by atoms with Gasteiger partial charge in [-0.3, -0.25) is 14.7 Å². The molecule has 40 heavy (non-hydrogen) atoms. The lowest BCUT2D eigenvalue weighted by Crippen LogP contribution is -2.48.